The minimum atomic E-state index is -0.193. The van der Waals surface area contributed by atoms with Gasteiger partial charge in [0.05, 0.1) is 52.5 Å². The van der Waals surface area contributed by atoms with E-state index >= 15 is 0 Å². The number of methoxy groups -OCH3 is 1. The lowest BCUT2D eigenvalue weighted by molar-refractivity contribution is 0.398. The molecule has 2 aromatic heterocycles. The number of hydrogen-bond donors (Lipinski definition) is 5. The maximum atomic E-state index is 9.77. The van der Waals surface area contributed by atoms with Gasteiger partial charge in [0.2, 0.25) is 5.88 Å². The van der Waals surface area contributed by atoms with Crippen LogP contribution in [0.5, 0.6) is 5.88 Å². The smallest absolute Gasteiger partial charge is 0.213 e. The topological polar surface area (TPSA) is 119 Å². The first-order valence-electron chi connectivity index (χ1n) is 10.7. The molecule has 0 aliphatic carbocycles. The number of rotatable bonds is 7. The van der Waals surface area contributed by atoms with Crippen LogP contribution in [0, 0.1) is 11.3 Å². The molecule has 174 valence electrons. The van der Waals surface area contributed by atoms with E-state index in [1.807, 2.05) is 54.7 Å². The summed E-state index contributed by atoms with van der Waals surface area (Å²) in [6.07, 6.45) is 5.00. The van der Waals surface area contributed by atoms with Crippen molar-refractivity contribution in [3.63, 3.8) is 0 Å². The molecule has 0 radical (unpaired) electrons. The van der Waals surface area contributed by atoms with Crippen molar-refractivity contribution in [1.82, 2.24) is 26.4 Å². The molecule has 5 N–H and O–H groups in total. The van der Waals surface area contributed by atoms with E-state index < -0.39 is 0 Å². The SMILES string of the molecule is COc1ccc(Nc2c(C#N)cnc3c(Cl)cc(N[C@H](C4=CNNN4)c4ccccc4)cc23)cn1. The Labute approximate surface area is 206 Å². The third-order valence-electron chi connectivity index (χ3n) is 5.52. The minimum absolute atomic E-state index is 0.193. The average molecular weight is 485 g/mol. The van der Waals surface area contributed by atoms with Crippen LogP contribution in [0.15, 0.2) is 78.9 Å². The predicted molar refractivity (Wildman–Crippen MR) is 136 cm³/mol. The number of halogens is 1. The van der Waals surface area contributed by atoms with Crippen molar-refractivity contribution < 1.29 is 4.74 Å². The first-order valence-corrected chi connectivity index (χ1v) is 11.1. The van der Waals surface area contributed by atoms with Crippen LogP contribution in [0.2, 0.25) is 5.02 Å². The molecule has 5 rings (SSSR count). The molecule has 35 heavy (non-hydrogen) atoms. The van der Waals surface area contributed by atoms with Crippen LogP contribution >= 0.6 is 11.6 Å². The van der Waals surface area contributed by atoms with Gasteiger partial charge in [-0.05, 0) is 23.8 Å². The molecule has 0 spiro atoms. The summed E-state index contributed by atoms with van der Waals surface area (Å²) in [5, 5.41) is 17.8. The Balaban J connectivity index is 1.58. The fourth-order valence-corrected chi connectivity index (χ4v) is 4.12. The van der Waals surface area contributed by atoms with Crippen molar-refractivity contribution in [2.45, 2.75) is 6.04 Å². The summed E-state index contributed by atoms with van der Waals surface area (Å²) in [6, 6.07) is 19.4. The normalized spacial score (nSPS) is 13.2. The Morgan fingerprint density at radius 1 is 1.06 bits per heavy atom. The van der Waals surface area contributed by atoms with Gasteiger partial charge in [-0.1, -0.05) is 41.9 Å². The van der Waals surface area contributed by atoms with Crippen LogP contribution in [0.25, 0.3) is 10.9 Å². The summed E-state index contributed by atoms with van der Waals surface area (Å²) in [6.45, 7) is 0. The molecular weight excluding hydrogens is 464 g/mol. The molecule has 1 aliphatic heterocycles. The molecule has 10 heteroatoms. The Morgan fingerprint density at radius 2 is 1.91 bits per heavy atom. The highest BCUT2D eigenvalue weighted by molar-refractivity contribution is 6.36. The van der Waals surface area contributed by atoms with Crippen LogP contribution in [0.1, 0.15) is 17.2 Å². The largest absolute Gasteiger partial charge is 0.481 e. The molecule has 9 nitrogen and oxygen atoms in total. The van der Waals surface area contributed by atoms with E-state index in [-0.39, 0.29) is 6.04 Å². The molecule has 0 bridgehead atoms. The van der Waals surface area contributed by atoms with E-state index in [0.29, 0.717) is 38.7 Å². The van der Waals surface area contributed by atoms with Crippen molar-refractivity contribution in [3.8, 4) is 11.9 Å². The average Bonchev–Trinajstić information content (AvgIpc) is 3.43. The fourth-order valence-electron chi connectivity index (χ4n) is 3.85. The molecular formula is C25H21ClN8O. The Bertz CT molecular complexity index is 1430. The Hall–Kier alpha value is -4.52. The van der Waals surface area contributed by atoms with Crippen molar-refractivity contribution in [3.05, 3.63) is 95.0 Å². The first kappa shape index (κ1) is 22.3. The second kappa shape index (κ2) is 9.77. The number of benzene rings is 2. The van der Waals surface area contributed by atoms with Gasteiger partial charge in [-0.15, -0.1) is 0 Å². The van der Waals surface area contributed by atoms with Gasteiger partial charge < -0.3 is 26.2 Å². The number of aromatic nitrogens is 2. The number of nitrogens with zero attached hydrogens (tertiary/aromatic N) is 3. The molecule has 0 unspecified atom stereocenters. The second-order valence-corrected chi connectivity index (χ2v) is 8.12. The van der Waals surface area contributed by atoms with Crippen LogP contribution in [-0.2, 0) is 0 Å². The number of anilines is 3. The molecule has 1 aliphatic rings. The third kappa shape index (κ3) is 4.61. The van der Waals surface area contributed by atoms with Crippen LogP contribution in [0.4, 0.5) is 17.1 Å². The van der Waals surface area contributed by atoms with E-state index in [1.165, 1.54) is 6.20 Å². The van der Waals surface area contributed by atoms with Gasteiger partial charge >= 0.3 is 0 Å². The van der Waals surface area contributed by atoms with Gasteiger partial charge in [-0.25, -0.2) is 4.98 Å². The maximum absolute atomic E-state index is 9.77. The molecule has 2 aromatic carbocycles. The summed E-state index contributed by atoms with van der Waals surface area (Å²) < 4.78 is 5.14. The van der Waals surface area contributed by atoms with E-state index in [1.54, 1.807) is 19.4 Å². The number of nitrogens with one attached hydrogen (secondary N) is 5. The van der Waals surface area contributed by atoms with Crippen LogP contribution in [0.3, 0.4) is 0 Å². The van der Waals surface area contributed by atoms with Gasteiger partial charge in [0, 0.05) is 29.5 Å². The fraction of sp³-hybridized carbons (Fsp3) is 0.0800. The molecule has 0 saturated heterocycles. The van der Waals surface area contributed by atoms with Crippen LogP contribution < -0.4 is 31.8 Å². The van der Waals surface area contributed by atoms with Gasteiger partial charge in [-0.2, -0.15) is 10.8 Å². The monoisotopic (exact) mass is 484 g/mol. The summed E-state index contributed by atoms with van der Waals surface area (Å²) in [4.78, 5) is 8.67. The summed E-state index contributed by atoms with van der Waals surface area (Å²) in [5.74, 6) is 0.496. The van der Waals surface area contributed by atoms with Crippen molar-refractivity contribution in [2.75, 3.05) is 17.7 Å². The number of fused-ring (bicyclic) bond motifs is 1. The van der Waals surface area contributed by atoms with Crippen molar-refractivity contribution in [1.29, 1.82) is 5.26 Å². The third-order valence-corrected chi connectivity index (χ3v) is 5.81. The maximum Gasteiger partial charge on any atom is 0.213 e. The van der Waals surface area contributed by atoms with Crippen molar-refractivity contribution >= 4 is 39.6 Å². The standard InChI is InChI=1S/C25H21ClN8O/c1-35-22-8-7-17(13-28-22)31-23-16(11-27)12-29-25-19(23)9-18(10-20(25)26)32-24(21-14-30-34-33-21)15-5-3-2-4-6-15/h2-10,12-14,24,30,32-34H,1H3,(H,29,31)/t24-/m0/s1. The summed E-state index contributed by atoms with van der Waals surface area (Å²) >= 11 is 6.66. The highest BCUT2D eigenvalue weighted by Gasteiger charge is 2.21. The highest BCUT2D eigenvalue weighted by Crippen LogP contribution is 2.36. The molecule has 3 heterocycles. The number of hydrogen-bond acceptors (Lipinski definition) is 9. The summed E-state index contributed by atoms with van der Waals surface area (Å²) in [5.41, 5.74) is 13.9. The lowest BCUT2D eigenvalue weighted by Gasteiger charge is -2.22. The molecule has 0 amide bonds. The Morgan fingerprint density at radius 3 is 2.60 bits per heavy atom. The molecule has 0 saturated carbocycles. The lowest BCUT2D eigenvalue weighted by Crippen LogP contribution is -2.33. The van der Waals surface area contributed by atoms with E-state index in [2.05, 4.69) is 43.1 Å². The number of hydrazine groups is 2. The van der Waals surface area contributed by atoms with E-state index in [9.17, 15) is 5.26 Å². The van der Waals surface area contributed by atoms with Gasteiger partial charge in [0.15, 0.2) is 0 Å². The Kier molecular flexibility index (Phi) is 6.22. The second-order valence-electron chi connectivity index (χ2n) is 7.71. The molecule has 4 aromatic rings. The zero-order valence-corrected chi connectivity index (χ0v) is 19.4. The number of nitriles is 1. The highest BCUT2D eigenvalue weighted by atomic mass is 35.5. The quantitative estimate of drug-likeness (QED) is 0.258. The van der Waals surface area contributed by atoms with Crippen molar-refractivity contribution in [2.24, 2.45) is 0 Å². The zero-order valence-electron chi connectivity index (χ0n) is 18.6. The lowest BCUT2D eigenvalue weighted by atomic mass is 10.0. The number of ether oxygens (including phenoxy) is 1. The van der Waals surface area contributed by atoms with Gasteiger partial charge in [-0.3, -0.25) is 4.98 Å². The molecule has 1 atom stereocenters. The van der Waals surface area contributed by atoms with E-state index in [0.717, 1.165) is 16.9 Å². The zero-order chi connectivity index (χ0) is 24.2. The predicted octanol–water partition coefficient (Wildman–Crippen LogP) is 4.51. The minimum Gasteiger partial charge on any atom is -0.481 e. The van der Waals surface area contributed by atoms with Crippen LogP contribution in [-0.4, -0.2) is 17.1 Å². The van der Waals surface area contributed by atoms with E-state index in [4.69, 9.17) is 16.3 Å². The summed E-state index contributed by atoms with van der Waals surface area (Å²) in [7, 11) is 1.56. The first-order chi connectivity index (χ1) is 17.2. The molecule has 0 fully saturated rings. The van der Waals surface area contributed by atoms with Gasteiger partial charge in [0.1, 0.15) is 6.07 Å². The number of pyridine rings is 2. The van der Waals surface area contributed by atoms with Gasteiger partial charge in [0.25, 0.3) is 0 Å².